The fraction of sp³-hybridized carbons (Fsp3) is 0.235. The van der Waals surface area contributed by atoms with Gasteiger partial charge in [0.2, 0.25) is 11.8 Å². The van der Waals surface area contributed by atoms with Crippen LogP contribution in [0.5, 0.6) is 0 Å². The summed E-state index contributed by atoms with van der Waals surface area (Å²) in [6.45, 7) is 4.82. The van der Waals surface area contributed by atoms with Crippen LogP contribution in [0, 0.1) is 10.1 Å². The minimum atomic E-state index is -4.37. The molecule has 0 saturated carbocycles. The molecule has 10 nitrogen and oxygen atoms in total. The van der Waals surface area contributed by atoms with E-state index >= 15 is 0 Å². The highest BCUT2D eigenvalue weighted by molar-refractivity contribution is 7.92. The van der Waals surface area contributed by atoms with Crippen molar-refractivity contribution in [1.82, 2.24) is 10.2 Å². The molecule has 0 radical (unpaired) electrons. The first-order chi connectivity index (χ1) is 21.3. The third-order valence-electron chi connectivity index (χ3n) is 6.90. The normalized spacial score (nSPS) is 12.2. The molecule has 0 aromatic heterocycles. The molecule has 1 N–H and O–H groups in total. The van der Waals surface area contributed by atoms with Crippen LogP contribution in [-0.2, 0) is 32.6 Å². The van der Waals surface area contributed by atoms with Crippen molar-refractivity contribution in [2.45, 2.75) is 50.2 Å². The molecule has 0 saturated heterocycles. The minimum absolute atomic E-state index is 0.0168. The number of non-ortho nitro benzene ring substituents is 1. The van der Waals surface area contributed by atoms with E-state index in [0.29, 0.717) is 0 Å². The molecule has 11 heteroatoms. The van der Waals surface area contributed by atoms with Crippen LogP contribution in [-0.4, -0.2) is 48.2 Å². The molecule has 1 atom stereocenters. The van der Waals surface area contributed by atoms with Gasteiger partial charge < -0.3 is 10.2 Å². The Morgan fingerprint density at radius 3 is 1.93 bits per heavy atom. The van der Waals surface area contributed by atoms with Crippen LogP contribution in [0.15, 0.2) is 120 Å². The number of hydrogen-bond acceptors (Lipinski definition) is 6. The van der Waals surface area contributed by atoms with E-state index in [2.05, 4.69) is 5.32 Å². The second-order valence-electron chi connectivity index (χ2n) is 11.6. The number of nitro groups is 1. The van der Waals surface area contributed by atoms with Gasteiger partial charge in [0.1, 0.15) is 12.6 Å². The Labute approximate surface area is 263 Å². The standard InChI is InChI=1S/C34H36N4O6S/c1-34(2,3)35-33(40)31(22-26-14-7-4-8-15-26)36(24-27-16-9-5-10-17-27)32(39)25-37(28-18-13-19-29(23-28)38(41)42)45(43,44)30-20-11-6-12-21-30/h4-21,23,31H,22,24-25H2,1-3H3,(H,35,40)/t31-/m1/s1. The van der Waals surface area contributed by atoms with Crippen LogP contribution >= 0.6 is 0 Å². The van der Waals surface area contributed by atoms with E-state index in [1.54, 1.807) is 18.2 Å². The zero-order valence-corrected chi connectivity index (χ0v) is 26.2. The van der Waals surface area contributed by atoms with Gasteiger partial charge in [0.05, 0.1) is 15.5 Å². The minimum Gasteiger partial charge on any atom is -0.350 e. The van der Waals surface area contributed by atoms with Gasteiger partial charge in [-0.3, -0.25) is 24.0 Å². The summed E-state index contributed by atoms with van der Waals surface area (Å²) < 4.78 is 28.9. The third-order valence-corrected chi connectivity index (χ3v) is 8.69. The number of carbonyl (C=O) groups excluding carboxylic acids is 2. The number of anilines is 1. The summed E-state index contributed by atoms with van der Waals surface area (Å²) in [6.07, 6.45) is 0.170. The number of amides is 2. The first-order valence-electron chi connectivity index (χ1n) is 14.4. The molecule has 0 aliphatic heterocycles. The fourth-order valence-electron chi connectivity index (χ4n) is 4.80. The molecule has 0 aliphatic rings. The van der Waals surface area contributed by atoms with Crippen molar-refractivity contribution in [3.63, 3.8) is 0 Å². The lowest BCUT2D eigenvalue weighted by Gasteiger charge is -2.35. The molecular weight excluding hydrogens is 592 g/mol. The maximum absolute atomic E-state index is 14.4. The first kappa shape index (κ1) is 32.9. The van der Waals surface area contributed by atoms with Crippen molar-refractivity contribution in [3.8, 4) is 0 Å². The van der Waals surface area contributed by atoms with Crippen molar-refractivity contribution < 1.29 is 22.9 Å². The third kappa shape index (κ3) is 8.76. The number of carbonyl (C=O) groups is 2. The molecule has 4 rings (SSSR count). The Balaban J connectivity index is 1.83. The summed E-state index contributed by atoms with van der Waals surface area (Å²) >= 11 is 0. The van der Waals surface area contributed by atoms with E-state index < -0.39 is 44.9 Å². The topological polar surface area (TPSA) is 130 Å². The largest absolute Gasteiger partial charge is 0.350 e. The van der Waals surface area contributed by atoms with Crippen LogP contribution < -0.4 is 9.62 Å². The van der Waals surface area contributed by atoms with E-state index in [1.807, 2.05) is 81.4 Å². The number of rotatable bonds is 12. The van der Waals surface area contributed by atoms with E-state index in [9.17, 15) is 28.1 Å². The number of hydrogen-bond donors (Lipinski definition) is 1. The summed E-state index contributed by atoms with van der Waals surface area (Å²) in [5, 5.41) is 14.6. The molecule has 0 fully saturated rings. The summed E-state index contributed by atoms with van der Waals surface area (Å²) in [4.78, 5) is 40.6. The van der Waals surface area contributed by atoms with Gasteiger partial charge in [0.15, 0.2) is 0 Å². The number of sulfonamides is 1. The SMILES string of the molecule is CC(C)(C)NC(=O)[C@@H](Cc1ccccc1)N(Cc1ccccc1)C(=O)CN(c1cccc([N+](=O)[O-])c1)S(=O)(=O)c1ccccc1. The quantitative estimate of drug-likeness (QED) is 0.166. The molecule has 0 spiro atoms. The Morgan fingerprint density at radius 1 is 0.822 bits per heavy atom. The lowest BCUT2D eigenvalue weighted by Crippen LogP contribution is -2.56. The van der Waals surface area contributed by atoms with Crippen molar-refractivity contribution >= 4 is 33.2 Å². The maximum atomic E-state index is 14.4. The molecule has 2 amide bonds. The molecule has 0 heterocycles. The summed E-state index contributed by atoms with van der Waals surface area (Å²) in [5.41, 5.74) is 0.546. The summed E-state index contributed by atoms with van der Waals surface area (Å²) in [5.74, 6) is -1.06. The molecule has 234 valence electrons. The number of nitro benzene ring substituents is 1. The number of nitrogens with zero attached hydrogens (tertiary/aromatic N) is 3. The van der Waals surface area contributed by atoms with Gasteiger partial charge in [0, 0.05) is 30.6 Å². The van der Waals surface area contributed by atoms with Gasteiger partial charge in [-0.1, -0.05) is 84.9 Å². The molecule has 0 aliphatic carbocycles. The van der Waals surface area contributed by atoms with Gasteiger partial charge in [0.25, 0.3) is 15.7 Å². The molecular formula is C34H36N4O6S. The zero-order chi connectivity index (χ0) is 32.6. The van der Waals surface area contributed by atoms with Gasteiger partial charge in [-0.15, -0.1) is 0 Å². The van der Waals surface area contributed by atoms with E-state index in [4.69, 9.17) is 0 Å². The van der Waals surface area contributed by atoms with Crippen LogP contribution in [0.25, 0.3) is 0 Å². The molecule has 0 unspecified atom stereocenters. The van der Waals surface area contributed by atoms with Crippen LogP contribution in [0.1, 0.15) is 31.9 Å². The number of benzene rings is 4. The molecule has 45 heavy (non-hydrogen) atoms. The Bertz CT molecular complexity index is 1730. The lowest BCUT2D eigenvalue weighted by atomic mass is 10.0. The van der Waals surface area contributed by atoms with Crippen LogP contribution in [0.4, 0.5) is 11.4 Å². The van der Waals surface area contributed by atoms with Crippen LogP contribution in [0.2, 0.25) is 0 Å². The van der Waals surface area contributed by atoms with Crippen molar-refractivity contribution in [3.05, 3.63) is 137 Å². The van der Waals surface area contributed by atoms with Gasteiger partial charge in [-0.25, -0.2) is 8.42 Å². The first-order valence-corrected chi connectivity index (χ1v) is 15.8. The van der Waals surface area contributed by atoms with Crippen molar-refractivity contribution in [2.75, 3.05) is 10.8 Å². The van der Waals surface area contributed by atoms with Crippen molar-refractivity contribution in [1.29, 1.82) is 0 Å². The second kappa shape index (κ2) is 14.2. The predicted molar refractivity (Wildman–Crippen MR) is 173 cm³/mol. The van der Waals surface area contributed by atoms with Crippen molar-refractivity contribution in [2.24, 2.45) is 0 Å². The van der Waals surface area contributed by atoms with E-state index in [0.717, 1.165) is 21.5 Å². The zero-order valence-electron chi connectivity index (χ0n) is 25.4. The van der Waals surface area contributed by atoms with Gasteiger partial charge in [-0.05, 0) is 50.1 Å². The Kier molecular flexibility index (Phi) is 10.4. The number of nitrogens with one attached hydrogen (secondary N) is 1. The van der Waals surface area contributed by atoms with Gasteiger partial charge >= 0.3 is 0 Å². The average molecular weight is 629 g/mol. The van der Waals surface area contributed by atoms with E-state index in [-0.39, 0.29) is 29.2 Å². The summed E-state index contributed by atoms with van der Waals surface area (Å²) in [6, 6.07) is 30.0. The second-order valence-corrected chi connectivity index (χ2v) is 13.4. The highest BCUT2D eigenvalue weighted by atomic mass is 32.2. The maximum Gasteiger partial charge on any atom is 0.271 e. The van der Waals surface area contributed by atoms with Gasteiger partial charge in [-0.2, -0.15) is 0 Å². The van der Waals surface area contributed by atoms with Crippen LogP contribution in [0.3, 0.4) is 0 Å². The highest BCUT2D eigenvalue weighted by Gasteiger charge is 2.36. The molecule has 4 aromatic carbocycles. The monoisotopic (exact) mass is 628 g/mol. The smallest absolute Gasteiger partial charge is 0.271 e. The predicted octanol–water partition coefficient (Wildman–Crippen LogP) is 5.34. The molecule has 4 aromatic rings. The molecule has 0 bridgehead atoms. The fourth-order valence-corrected chi connectivity index (χ4v) is 6.22. The Morgan fingerprint density at radius 2 is 1.38 bits per heavy atom. The average Bonchev–Trinajstić information content (AvgIpc) is 3.02. The van der Waals surface area contributed by atoms with E-state index in [1.165, 1.54) is 35.2 Å². The Hall–Kier alpha value is -5.03. The highest BCUT2D eigenvalue weighted by Crippen LogP contribution is 2.28. The summed E-state index contributed by atoms with van der Waals surface area (Å²) in [7, 11) is -4.37. The lowest BCUT2D eigenvalue weighted by molar-refractivity contribution is -0.384.